The summed E-state index contributed by atoms with van der Waals surface area (Å²) in [6.45, 7) is 7.92. The first kappa shape index (κ1) is 22.0. The van der Waals surface area contributed by atoms with Crippen molar-refractivity contribution in [3.63, 3.8) is 0 Å². The largest absolute Gasteiger partial charge is 0.492 e. The summed E-state index contributed by atoms with van der Waals surface area (Å²) in [6.07, 6.45) is 6.83. The third kappa shape index (κ3) is 6.61. The topological polar surface area (TPSA) is 83.0 Å². The number of rotatable bonds is 9. The van der Waals surface area contributed by atoms with Gasteiger partial charge in [-0.2, -0.15) is 0 Å². The van der Waals surface area contributed by atoms with E-state index < -0.39 is 5.60 Å². The fraction of sp³-hybridized carbons (Fsp3) is 0.565. The Bertz CT molecular complexity index is 786. The Balaban J connectivity index is 1.18. The van der Waals surface area contributed by atoms with Gasteiger partial charge in [-0.1, -0.05) is 12.1 Å². The number of hydrogen-bond acceptors (Lipinski definition) is 8. The first-order valence-corrected chi connectivity index (χ1v) is 11.2. The molecule has 1 atom stereocenters. The molecule has 168 valence electrons. The zero-order valence-corrected chi connectivity index (χ0v) is 18.1. The van der Waals surface area contributed by atoms with E-state index in [2.05, 4.69) is 37.2 Å². The van der Waals surface area contributed by atoms with Crippen LogP contribution in [0.2, 0.25) is 0 Å². The van der Waals surface area contributed by atoms with Crippen molar-refractivity contribution in [3.8, 4) is 5.75 Å². The van der Waals surface area contributed by atoms with E-state index in [1.54, 1.807) is 18.6 Å². The van der Waals surface area contributed by atoms with Crippen LogP contribution in [0.25, 0.3) is 0 Å². The molecular formula is C23H33N5O3. The Hall–Kier alpha value is -2.26. The SMILES string of the molecule is O[C@]1(CNCc2ccc(OCCN3CCOCC3)cc2)CCCN(c2cnccn2)C1. The van der Waals surface area contributed by atoms with Gasteiger partial charge in [-0.05, 0) is 30.5 Å². The van der Waals surface area contributed by atoms with E-state index in [4.69, 9.17) is 9.47 Å². The molecule has 8 nitrogen and oxygen atoms in total. The Kier molecular flexibility index (Phi) is 7.69. The van der Waals surface area contributed by atoms with Gasteiger partial charge in [0.1, 0.15) is 18.2 Å². The zero-order valence-electron chi connectivity index (χ0n) is 18.1. The summed E-state index contributed by atoms with van der Waals surface area (Å²) in [6, 6.07) is 8.19. The van der Waals surface area contributed by atoms with Crippen LogP contribution in [0.15, 0.2) is 42.9 Å². The third-order valence-electron chi connectivity index (χ3n) is 5.92. The molecule has 2 aromatic rings. The highest BCUT2D eigenvalue weighted by atomic mass is 16.5. The standard InChI is InChI=1S/C23H33N5O3/c29-23(6-1-9-28(19-23)22-17-24-7-8-26-22)18-25-16-20-2-4-21(5-3-20)31-15-12-27-10-13-30-14-11-27/h2-5,7-8,17,25,29H,1,6,9-16,18-19H2/t23-/m0/s1. The van der Waals surface area contributed by atoms with Crippen LogP contribution in [0.4, 0.5) is 5.82 Å². The summed E-state index contributed by atoms with van der Waals surface area (Å²) in [5.74, 6) is 1.72. The average molecular weight is 428 g/mol. The molecule has 2 N–H and O–H groups in total. The van der Waals surface area contributed by atoms with Crippen LogP contribution < -0.4 is 15.0 Å². The predicted octanol–water partition coefficient (Wildman–Crippen LogP) is 1.31. The van der Waals surface area contributed by atoms with E-state index in [1.165, 1.54) is 5.56 Å². The Labute approximate surface area is 184 Å². The van der Waals surface area contributed by atoms with Gasteiger partial charge in [0, 0.05) is 58.2 Å². The van der Waals surface area contributed by atoms with Gasteiger partial charge in [-0.3, -0.25) is 9.88 Å². The van der Waals surface area contributed by atoms with Crippen molar-refractivity contribution in [2.45, 2.75) is 25.0 Å². The van der Waals surface area contributed by atoms with Gasteiger partial charge in [0.05, 0.1) is 25.0 Å². The van der Waals surface area contributed by atoms with Crippen molar-refractivity contribution < 1.29 is 14.6 Å². The molecule has 0 saturated carbocycles. The lowest BCUT2D eigenvalue weighted by molar-refractivity contribution is 0.0258. The number of aliphatic hydroxyl groups is 1. The maximum Gasteiger partial charge on any atom is 0.147 e. The second-order valence-corrected chi connectivity index (χ2v) is 8.36. The van der Waals surface area contributed by atoms with Crippen molar-refractivity contribution in [1.82, 2.24) is 20.2 Å². The highest BCUT2D eigenvalue weighted by Gasteiger charge is 2.33. The number of benzene rings is 1. The number of anilines is 1. The Morgan fingerprint density at radius 2 is 1.97 bits per heavy atom. The van der Waals surface area contributed by atoms with Crippen LogP contribution in [-0.2, 0) is 11.3 Å². The van der Waals surface area contributed by atoms with Crippen LogP contribution in [0.3, 0.4) is 0 Å². The second-order valence-electron chi connectivity index (χ2n) is 8.36. The van der Waals surface area contributed by atoms with Gasteiger partial charge in [-0.15, -0.1) is 0 Å². The third-order valence-corrected chi connectivity index (χ3v) is 5.92. The normalized spacial score (nSPS) is 22.4. The van der Waals surface area contributed by atoms with Gasteiger partial charge in [0.25, 0.3) is 0 Å². The molecule has 2 aliphatic heterocycles. The molecule has 0 bridgehead atoms. The molecular weight excluding hydrogens is 394 g/mol. The number of morpholine rings is 1. The molecule has 8 heteroatoms. The van der Waals surface area contributed by atoms with Crippen molar-refractivity contribution in [1.29, 1.82) is 0 Å². The number of ether oxygens (including phenoxy) is 2. The van der Waals surface area contributed by atoms with Crippen molar-refractivity contribution >= 4 is 5.82 Å². The summed E-state index contributed by atoms with van der Waals surface area (Å²) < 4.78 is 11.2. The van der Waals surface area contributed by atoms with Crippen LogP contribution >= 0.6 is 0 Å². The van der Waals surface area contributed by atoms with Gasteiger partial charge in [-0.25, -0.2) is 4.98 Å². The summed E-state index contributed by atoms with van der Waals surface area (Å²) in [5.41, 5.74) is 0.406. The monoisotopic (exact) mass is 427 g/mol. The zero-order chi connectivity index (χ0) is 21.4. The molecule has 0 aliphatic carbocycles. The highest BCUT2D eigenvalue weighted by Crippen LogP contribution is 2.24. The molecule has 0 radical (unpaired) electrons. The van der Waals surface area contributed by atoms with E-state index in [1.807, 2.05) is 12.1 Å². The van der Waals surface area contributed by atoms with Crippen LogP contribution in [0, 0.1) is 0 Å². The van der Waals surface area contributed by atoms with Crippen LogP contribution in [0.1, 0.15) is 18.4 Å². The molecule has 2 aliphatic rings. The molecule has 0 unspecified atom stereocenters. The van der Waals surface area contributed by atoms with Gasteiger partial charge in [0.15, 0.2) is 0 Å². The van der Waals surface area contributed by atoms with E-state index in [9.17, 15) is 5.11 Å². The molecule has 3 heterocycles. The van der Waals surface area contributed by atoms with Crippen LogP contribution in [-0.4, -0.2) is 84.7 Å². The molecule has 0 spiro atoms. The average Bonchev–Trinajstić information content (AvgIpc) is 2.81. The second kappa shape index (κ2) is 10.9. The molecule has 2 saturated heterocycles. The number of β-amino-alcohol motifs (C(OH)–C–C–N with tert-alkyl or cyclic N) is 1. The Morgan fingerprint density at radius 1 is 1.13 bits per heavy atom. The fourth-order valence-corrected chi connectivity index (χ4v) is 4.17. The van der Waals surface area contributed by atoms with Crippen molar-refractivity contribution in [3.05, 3.63) is 48.4 Å². The Morgan fingerprint density at radius 3 is 2.74 bits per heavy atom. The first-order valence-electron chi connectivity index (χ1n) is 11.2. The fourth-order valence-electron chi connectivity index (χ4n) is 4.17. The molecule has 31 heavy (non-hydrogen) atoms. The van der Waals surface area contributed by atoms with Crippen molar-refractivity contribution in [2.75, 3.05) is 64.0 Å². The van der Waals surface area contributed by atoms with E-state index in [-0.39, 0.29) is 0 Å². The lowest BCUT2D eigenvalue weighted by Gasteiger charge is -2.39. The maximum absolute atomic E-state index is 11.0. The number of aromatic nitrogens is 2. The minimum Gasteiger partial charge on any atom is -0.492 e. The number of nitrogens with zero attached hydrogens (tertiary/aromatic N) is 4. The minimum absolute atomic E-state index is 0.543. The predicted molar refractivity (Wildman–Crippen MR) is 119 cm³/mol. The smallest absolute Gasteiger partial charge is 0.147 e. The lowest BCUT2D eigenvalue weighted by atomic mass is 9.92. The van der Waals surface area contributed by atoms with Gasteiger partial charge >= 0.3 is 0 Å². The van der Waals surface area contributed by atoms with Crippen LogP contribution in [0.5, 0.6) is 5.75 Å². The molecule has 0 amide bonds. The number of hydrogen-bond donors (Lipinski definition) is 2. The molecule has 4 rings (SSSR count). The summed E-state index contributed by atoms with van der Waals surface area (Å²) in [5, 5.41) is 14.5. The van der Waals surface area contributed by atoms with Crippen molar-refractivity contribution in [2.24, 2.45) is 0 Å². The minimum atomic E-state index is -0.766. The lowest BCUT2D eigenvalue weighted by Crippen LogP contribution is -2.53. The van der Waals surface area contributed by atoms with E-state index in [0.29, 0.717) is 26.2 Å². The number of piperidine rings is 1. The molecule has 1 aromatic heterocycles. The summed E-state index contributed by atoms with van der Waals surface area (Å²) in [4.78, 5) is 13.0. The maximum atomic E-state index is 11.0. The van der Waals surface area contributed by atoms with Gasteiger partial charge < -0.3 is 24.8 Å². The van der Waals surface area contributed by atoms with E-state index >= 15 is 0 Å². The summed E-state index contributed by atoms with van der Waals surface area (Å²) >= 11 is 0. The first-order chi connectivity index (χ1) is 15.2. The highest BCUT2D eigenvalue weighted by molar-refractivity contribution is 5.36. The van der Waals surface area contributed by atoms with Gasteiger partial charge in [0.2, 0.25) is 0 Å². The molecule has 1 aromatic carbocycles. The molecule has 2 fully saturated rings. The quantitative estimate of drug-likeness (QED) is 0.620. The van der Waals surface area contributed by atoms with E-state index in [0.717, 1.165) is 63.8 Å². The summed E-state index contributed by atoms with van der Waals surface area (Å²) in [7, 11) is 0. The number of nitrogens with one attached hydrogen (secondary N) is 1.